The summed E-state index contributed by atoms with van der Waals surface area (Å²) in [6.07, 6.45) is 2.02. The number of nitrogens with one attached hydrogen (secondary N) is 2. The Hall–Kier alpha value is -2.34. The minimum atomic E-state index is -1.01. The van der Waals surface area contributed by atoms with Crippen molar-refractivity contribution in [3.8, 4) is 6.07 Å². The lowest BCUT2D eigenvalue weighted by Crippen LogP contribution is -2.53. The van der Waals surface area contributed by atoms with Crippen LogP contribution in [0.2, 0.25) is 0 Å². The fourth-order valence-electron chi connectivity index (χ4n) is 2.79. The summed E-state index contributed by atoms with van der Waals surface area (Å²) in [5.74, 6) is 0.487. The number of rotatable bonds is 2. The Morgan fingerprint density at radius 2 is 2.22 bits per heavy atom. The summed E-state index contributed by atoms with van der Waals surface area (Å²) in [6, 6.07) is 2.10. The molecule has 0 bridgehead atoms. The van der Waals surface area contributed by atoms with Crippen molar-refractivity contribution in [3.05, 3.63) is 16.4 Å². The van der Waals surface area contributed by atoms with E-state index in [1.165, 1.54) is 0 Å². The van der Waals surface area contributed by atoms with E-state index in [4.69, 9.17) is 5.11 Å². The van der Waals surface area contributed by atoms with Crippen LogP contribution in [0.15, 0.2) is 10.7 Å². The van der Waals surface area contributed by atoms with Crippen molar-refractivity contribution in [2.75, 3.05) is 18.0 Å². The number of nitriles is 1. The summed E-state index contributed by atoms with van der Waals surface area (Å²) in [6.45, 7) is 3.13. The van der Waals surface area contributed by atoms with E-state index in [0.29, 0.717) is 48.6 Å². The molecule has 1 fully saturated rings. The molecule has 0 aromatic carbocycles. The Balaban J connectivity index is 1.85. The third-order valence-corrected chi connectivity index (χ3v) is 4.76. The third kappa shape index (κ3) is 2.94. The molecule has 1 aliphatic rings. The molecule has 3 rings (SSSR count). The molecular weight excluding hydrogens is 364 g/mol. The second-order valence-electron chi connectivity index (χ2n) is 5.82. The number of hydrogen-bond acceptors (Lipinski definition) is 5. The number of carboxylic acid groups (broad SMARTS) is 1. The van der Waals surface area contributed by atoms with E-state index >= 15 is 0 Å². The molecule has 1 amide bonds. The van der Waals surface area contributed by atoms with E-state index in [1.54, 1.807) is 6.20 Å². The first-order valence-corrected chi connectivity index (χ1v) is 7.92. The molecule has 3 heterocycles. The molecule has 1 saturated heterocycles. The van der Waals surface area contributed by atoms with E-state index in [9.17, 15) is 10.1 Å². The number of aromatic nitrogens is 3. The molecule has 2 aromatic rings. The van der Waals surface area contributed by atoms with Gasteiger partial charge in [-0.05, 0) is 35.7 Å². The lowest BCUT2D eigenvalue weighted by molar-refractivity contribution is 0.173. The van der Waals surface area contributed by atoms with E-state index < -0.39 is 11.6 Å². The fourth-order valence-corrected chi connectivity index (χ4v) is 3.28. The predicted molar refractivity (Wildman–Crippen MR) is 87.3 cm³/mol. The monoisotopic (exact) mass is 378 g/mol. The average molecular weight is 379 g/mol. The Bertz CT molecular complexity index is 803. The highest BCUT2D eigenvalue weighted by atomic mass is 79.9. The maximum Gasteiger partial charge on any atom is 0.405 e. The van der Waals surface area contributed by atoms with E-state index in [-0.39, 0.29) is 0 Å². The Labute approximate surface area is 140 Å². The Morgan fingerprint density at radius 1 is 1.52 bits per heavy atom. The van der Waals surface area contributed by atoms with Gasteiger partial charge in [0.1, 0.15) is 11.7 Å². The first-order chi connectivity index (χ1) is 10.9. The molecule has 9 heteroatoms. The van der Waals surface area contributed by atoms with Crippen LogP contribution in [0.5, 0.6) is 0 Å². The van der Waals surface area contributed by atoms with Crippen molar-refractivity contribution in [2.24, 2.45) is 0 Å². The maximum atomic E-state index is 10.9. The normalized spacial score (nSPS) is 17.0. The van der Waals surface area contributed by atoms with Crippen molar-refractivity contribution in [1.82, 2.24) is 20.3 Å². The van der Waals surface area contributed by atoms with Crippen LogP contribution in [0.4, 0.5) is 10.7 Å². The molecule has 0 aliphatic carbocycles. The average Bonchev–Trinajstić information content (AvgIpc) is 2.87. The summed E-state index contributed by atoms with van der Waals surface area (Å²) >= 11 is 3.38. The number of halogens is 1. The molecular formula is C14H15BrN6O2. The van der Waals surface area contributed by atoms with Crippen LogP contribution in [0, 0.1) is 11.3 Å². The Kier molecular flexibility index (Phi) is 3.85. The lowest BCUT2D eigenvalue weighted by atomic mass is 9.90. The minimum Gasteiger partial charge on any atom is -0.465 e. The standard InChI is InChI=1S/C14H15BrN6O2/c1-14(20-13(22)23)2-4-21(5-3-14)12-18-9(6-16)10-8(15)7-17-11(10)19-12/h7,20H,2-5H2,1H3,(H,22,23)(H,17,18,19). The lowest BCUT2D eigenvalue weighted by Gasteiger charge is -2.39. The quantitative estimate of drug-likeness (QED) is 0.737. The van der Waals surface area contributed by atoms with Crippen LogP contribution < -0.4 is 10.2 Å². The van der Waals surface area contributed by atoms with Gasteiger partial charge in [0, 0.05) is 29.3 Å². The highest BCUT2D eigenvalue weighted by Crippen LogP contribution is 2.29. The van der Waals surface area contributed by atoms with Gasteiger partial charge in [0.2, 0.25) is 5.95 Å². The number of fused-ring (bicyclic) bond motifs is 1. The number of nitrogens with zero attached hydrogens (tertiary/aromatic N) is 4. The topological polar surface area (TPSA) is 118 Å². The zero-order valence-corrected chi connectivity index (χ0v) is 14.0. The van der Waals surface area contributed by atoms with Gasteiger partial charge in [-0.25, -0.2) is 9.78 Å². The van der Waals surface area contributed by atoms with Crippen LogP contribution in [0.3, 0.4) is 0 Å². The highest BCUT2D eigenvalue weighted by molar-refractivity contribution is 9.10. The molecule has 1 aliphatic heterocycles. The first-order valence-electron chi connectivity index (χ1n) is 7.13. The molecule has 8 nitrogen and oxygen atoms in total. The van der Waals surface area contributed by atoms with Gasteiger partial charge in [0.15, 0.2) is 5.69 Å². The van der Waals surface area contributed by atoms with Crippen molar-refractivity contribution >= 4 is 39.0 Å². The van der Waals surface area contributed by atoms with Gasteiger partial charge in [-0.3, -0.25) is 0 Å². The summed E-state index contributed by atoms with van der Waals surface area (Å²) < 4.78 is 0.757. The number of amides is 1. The second kappa shape index (κ2) is 5.70. The molecule has 2 aromatic heterocycles. The van der Waals surface area contributed by atoms with Crippen LogP contribution in [0.25, 0.3) is 11.0 Å². The van der Waals surface area contributed by atoms with Gasteiger partial charge in [-0.1, -0.05) is 0 Å². The third-order valence-electron chi connectivity index (χ3n) is 4.14. The smallest absolute Gasteiger partial charge is 0.405 e. The first kappa shape index (κ1) is 15.6. The fraction of sp³-hybridized carbons (Fsp3) is 0.429. The van der Waals surface area contributed by atoms with Gasteiger partial charge >= 0.3 is 6.09 Å². The largest absolute Gasteiger partial charge is 0.465 e. The highest BCUT2D eigenvalue weighted by Gasteiger charge is 2.32. The number of hydrogen-bond donors (Lipinski definition) is 3. The molecule has 0 atom stereocenters. The van der Waals surface area contributed by atoms with Crippen LogP contribution >= 0.6 is 15.9 Å². The zero-order chi connectivity index (χ0) is 16.6. The predicted octanol–water partition coefficient (Wildman–Crippen LogP) is 2.22. The minimum absolute atomic E-state index is 0.315. The molecule has 23 heavy (non-hydrogen) atoms. The number of H-pyrrole nitrogens is 1. The van der Waals surface area contributed by atoms with Gasteiger partial charge in [0.25, 0.3) is 0 Å². The van der Waals surface area contributed by atoms with Crippen LogP contribution in [0.1, 0.15) is 25.5 Å². The molecule has 0 saturated carbocycles. The Morgan fingerprint density at radius 3 is 2.83 bits per heavy atom. The van der Waals surface area contributed by atoms with E-state index in [1.807, 2.05) is 11.8 Å². The van der Waals surface area contributed by atoms with Crippen molar-refractivity contribution < 1.29 is 9.90 Å². The molecule has 120 valence electrons. The number of carbonyl (C=O) groups is 1. The van der Waals surface area contributed by atoms with E-state index in [0.717, 1.165) is 4.47 Å². The number of piperidine rings is 1. The van der Waals surface area contributed by atoms with E-state index in [2.05, 4.69) is 42.3 Å². The molecule has 0 unspecified atom stereocenters. The van der Waals surface area contributed by atoms with Gasteiger partial charge in [-0.2, -0.15) is 10.2 Å². The second-order valence-corrected chi connectivity index (χ2v) is 6.68. The van der Waals surface area contributed by atoms with Crippen molar-refractivity contribution in [1.29, 1.82) is 5.26 Å². The number of aromatic amines is 1. The molecule has 0 spiro atoms. The van der Waals surface area contributed by atoms with Gasteiger partial charge in [-0.15, -0.1) is 0 Å². The SMILES string of the molecule is CC1(NC(=O)O)CCN(c2nc(C#N)c3c(Br)c[nH]c3n2)CC1. The molecule has 0 radical (unpaired) electrons. The zero-order valence-electron chi connectivity index (χ0n) is 12.4. The van der Waals surface area contributed by atoms with Gasteiger partial charge in [0.05, 0.1) is 5.39 Å². The molecule has 3 N–H and O–H groups in total. The van der Waals surface area contributed by atoms with Crippen molar-refractivity contribution in [3.63, 3.8) is 0 Å². The summed E-state index contributed by atoms with van der Waals surface area (Å²) in [5.41, 5.74) is 0.477. The van der Waals surface area contributed by atoms with Crippen LogP contribution in [-0.4, -0.2) is 44.8 Å². The maximum absolute atomic E-state index is 10.9. The summed E-state index contributed by atoms with van der Waals surface area (Å²) in [4.78, 5) is 24.7. The van der Waals surface area contributed by atoms with Gasteiger partial charge < -0.3 is 20.3 Å². The van der Waals surface area contributed by atoms with Crippen LogP contribution in [-0.2, 0) is 0 Å². The summed E-state index contributed by atoms with van der Waals surface area (Å²) in [5, 5.41) is 21.5. The van der Waals surface area contributed by atoms with Crippen molar-refractivity contribution in [2.45, 2.75) is 25.3 Å². The summed E-state index contributed by atoms with van der Waals surface area (Å²) in [7, 11) is 0. The number of anilines is 1.